The third-order valence-corrected chi connectivity index (χ3v) is 5.41. The van der Waals surface area contributed by atoms with Crippen molar-refractivity contribution in [3.05, 3.63) is 53.2 Å². The maximum absolute atomic E-state index is 12.9. The van der Waals surface area contributed by atoms with E-state index in [9.17, 15) is 8.42 Å². The Labute approximate surface area is 151 Å². The second kappa shape index (κ2) is 6.45. The zero-order chi connectivity index (χ0) is 19.0. The Balaban J connectivity index is 2.56. The second-order valence-corrected chi connectivity index (χ2v) is 10.2. The van der Waals surface area contributed by atoms with Crippen LogP contribution in [-0.4, -0.2) is 13.4 Å². The molecule has 2 rings (SSSR count). The Kier molecular flexibility index (Phi) is 5.01. The van der Waals surface area contributed by atoms with Gasteiger partial charge in [-0.15, -0.1) is 0 Å². The highest BCUT2D eigenvalue weighted by Gasteiger charge is 2.24. The van der Waals surface area contributed by atoms with Crippen molar-refractivity contribution in [3.8, 4) is 0 Å². The van der Waals surface area contributed by atoms with Gasteiger partial charge in [0.2, 0.25) is 0 Å². The molecule has 5 heteroatoms. The number of aryl methyl sites for hydroxylation is 1. The summed E-state index contributed by atoms with van der Waals surface area (Å²) >= 11 is 0. The minimum Gasteiger partial charge on any atom is -0.263 e. The lowest BCUT2D eigenvalue weighted by atomic mass is 9.81. The van der Waals surface area contributed by atoms with Gasteiger partial charge in [-0.3, -0.25) is 4.72 Å². The molecule has 25 heavy (non-hydrogen) atoms. The number of aromatic nitrogens is 1. The van der Waals surface area contributed by atoms with Crippen LogP contribution in [0.5, 0.6) is 0 Å². The summed E-state index contributed by atoms with van der Waals surface area (Å²) in [5.41, 5.74) is 2.47. The van der Waals surface area contributed by atoms with Crippen LogP contribution in [0.3, 0.4) is 0 Å². The summed E-state index contributed by atoms with van der Waals surface area (Å²) in [4.78, 5) is 4.51. The van der Waals surface area contributed by atoms with E-state index >= 15 is 0 Å². The first-order chi connectivity index (χ1) is 11.3. The molecule has 1 heterocycles. The minimum atomic E-state index is -3.71. The van der Waals surface area contributed by atoms with E-state index in [0.29, 0.717) is 5.82 Å². The summed E-state index contributed by atoms with van der Waals surface area (Å²) < 4.78 is 28.4. The van der Waals surface area contributed by atoms with Crippen molar-refractivity contribution in [1.82, 2.24) is 4.98 Å². The summed E-state index contributed by atoms with van der Waals surface area (Å²) in [6.07, 6.45) is 0. The summed E-state index contributed by atoms with van der Waals surface area (Å²) in [6.45, 7) is 14.3. The van der Waals surface area contributed by atoms with Gasteiger partial charge in [-0.2, -0.15) is 0 Å². The Bertz CT molecular complexity index is 841. The van der Waals surface area contributed by atoms with Crippen LogP contribution in [0.15, 0.2) is 41.3 Å². The molecular weight excluding hydrogens is 332 g/mol. The zero-order valence-electron chi connectivity index (χ0n) is 16.1. The van der Waals surface area contributed by atoms with Crippen molar-refractivity contribution >= 4 is 15.8 Å². The number of benzene rings is 1. The highest BCUT2D eigenvalue weighted by Crippen LogP contribution is 2.32. The second-order valence-electron chi connectivity index (χ2n) is 8.52. The number of rotatable bonds is 3. The van der Waals surface area contributed by atoms with Crippen LogP contribution in [0.4, 0.5) is 5.82 Å². The molecule has 1 aromatic carbocycles. The van der Waals surface area contributed by atoms with Gasteiger partial charge in [-0.25, -0.2) is 13.4 Å². The third-order valence-electron chi connectivity index (χ3n) is 4.08. The molecule has 0 atom stereocenters. The average Bonchev–Trinajstić information content (AvgIpc) is 2.44. The Hall–Kier alpha value is -1.88. The first-order valence-corrected chi connectivity index (χ1v) is 9.90. The van der Waals surface area contributed by atoms with E-state index in [1.165, 1.54) is 0 Å². The predicted octanol–water partition coefficient (Wildman–Crippen LogP) is 4.79. The molecule has 0 aliphatic carbocycles. The average molecular weight is 361 g/mol. The fourth-order valence-electron chi connectivity index (χ4n) is 2.42. The molecule has 0 spiro atoms. The number of pyridine rings is 1. The molecule has 0 saturated carbocycles. The Morgan fingerprint density at radius 2 is 1.40 bits per heavy atom. The molecule has 0 amide bonds. The number of hydrogen-bond acceptors (Lipinski definition) is 3. The van der Waals surface area contributed by atoms with Crippen LogP contribution >= 0.6 is 0 Å². The first kappa shape index (κ1) is 19.4. The smallest absolute Gasteiger partial charge is 0.263 e. The fraction of sp³-hybridized carbons (Fsp3) is 0.450. The summed E-state index contributed by atoms with van der Waals surface area (Å²) in [5.74, 6) is 0.332. The Morgan fingerprint density at radius 3 is 1.84 bits per heavy atom. The quantitative estimate of drug-likeness (QED) is 0.856. The summed E-state index contributed by atoms with van der Waals surface area (Å²) in [7, 11) is -3.71. The minimum absolute atomic E-state index is 0.146. The topological polar surface area (TPSA) is 59.1 Å². The number of nitrogens with zero attached hydrogens (tertiary/aromatic N) is 1. The van der Waals surface area contributed by atoms with Gasteiger partial charge in [0.1, 0.15) is 5.82 Å². The normalized spacial score (nSPS) is 12.9. The molecule has 2 aromatic rings. The van der Waals surface area contributed by atoms with E-state index in [2.05, 4.69) is 57.3 Å². The van der Waals surface area contributed by atoms with Gasteiger partial charge in [-0.1, -0.05) is 53.7 Å². The molecule has 1 N–H and O–H groups in total. The van der Waals surface area contributed by atoms with Crippen LogP contribution in [-0.2, 0) is 20.9 Å². The van der Waals surface area contributed by atoms with Crippen molar-refractivity contribution in [2.75, 3.05) is 4.72 Å². The highest BCUT2D eigenvalue weighted by atomic mass is 32.2. The molecule has 0 bridgehead atoms. The molecule has 0 aliphatic heterocycles. The SMILES string of the molecule is Cc1cccc(NS(=O)(=O)c2cc(C(C)(C)C)cc(C(C)(C)C)c2)n1. The number of anilines is 1. The maximum atomic E-state index is 12.9. The molecule has 136 valence electrons. The fourth-order valence-corrected chi connectivity index (χ4v) is 3.49. The van der Waals surface area contributed by atoms with Gasteiger partial charge in [0, 0.05) is 5.69 Å². The van der Waals surface area contributed by atoms with E-state index in [1.54, 1.807) is 24.3 Å². The van der Waals surface area contributed by atoms with Crippen LogP contribution in [0.25, 0.3) is 0 Å². The number of sulfonamides is 1. The molecule has 0 fully saturated rings. The van der Waals surface area contributed by atoms with E-state index < -0.39 is 10.0 Å². The van der Waals surface area contributed by atoms with E-state index in [0.717, 1.165) is 16.8 Å². The van der Waals surface area contributed by atoms with Crippen LogP contribution < -0.4 is 4.72 Å². The first-order valence-electron chi connectivity index (χ1n) is 8.41. The number of hydrogen-bond donors (Lipinski definition) is 1. The van der Waals surface area contributed by atoms with E-state index in [1.807, 2.05) is 13.0 Å². The lowest BCUT2D eigenvalue weighted by molar-refractivity contribution is 0.563. The lowest BCUT2D eigenvalue weighted by Crippen LogP contribution is -2.20. The predicted molar refractivity (Wildman–Crippen MR) is 104 cm³/mol. The molecule has 0 saturated heterocycles. The van der Waals surface area contributed by atoms with Crippen LogP contribution in [0.1, 0.15) is 58.4 Å². The van der Waals surface area contributed by atoms with Crippen LogP contribution in [0, 0.1) is 6.92 Å². The van der Waals surface area contributed by atoms with E-state index in [4.69, 9.17) is 0 Å². The number of nitrogens with one attached hydrogen (secondary N) is 1. The molecule has 0 radical (unpaired) electrons. The Morgan fingerprint density at radius 1 is 0.880 bits per heavy atom. The van der Waals surface area contributed by atoms with Crippen molar-refractivity contribution in [1.29, 1.82) is 0 Å². The van der Waals surface area contributed by atoms with Gasteiger partial charge in [0.05, 0.1) is 4.90 Å². The van der Waals surface area contributed by atoms with Gasteiger partial charge in [0.25, 0.3) is 10.0 Å². The van der Waals surface area contributed by atoms with E-state index in [-0.39, 0.29) is 15.7 Å². The standard InChI is InChI=1S/C20H28N2O2S/c1-14-9-8-10-18(21-14)22-25(23,24)17-12-15(19(2,3)4)11-16(13-17)20(5,6)7/h8-13H,1-7H3,(H,21,22). The molecule has 0 unspecified atom stereocenters. The lowest BCUT2D eigenvalue weighted by Gasteiger charge is -2.26. The van der Waals surface area contributed by atoms with Crippen LogP contribution in [0.2, 0.25) is 0 Å². The third kappa shape index (κ3) is 4.82. The molecular formula is C20H28N2O2S. The van der Waals surface area contributed by atoms with Gasteiger partial charge >= 0.3 is 0 Å². The molecule has 4 nitrogen and oxygen atoms in total. The van der Waals surface area contributed by atoms with Crippen molar-refractivity contribution in [2.24, 2.45) is 0 Å². The molecule has 1 aromatic heterocycles. The van der Waals surface area contributed by atoms with Gasteiger partial charge < -0.3 is 0 Å². The van der Waals surface area contributed by atoms with Crippen molar-refractivity contribution < 1.29 is 8.42 Å². The van der Waals surface area contributed by atoms with Crippen molar-refractivity contribution in [3.63, 3.8) is 0 Å². The van der Waals surface area contributed by atoms with Gasteiger partial charge in [-0.05, 0) is 53.1 Å². The molecule has 0 aliphatic rings. The summed E-state index contributed by atoms with van der Waals surface area (Å²) in [6, 6.07) is 10.9. The zero-order valence-corrected chi connectivity index (χ0v) is 17.0. The van der Waals surface area contributed by atoms with Crippen molar-refractivity contribution in [2.45, 2.75) is 64.2 Å². The monoisotopic (exact) mass is 360 g/mol. The van der Waals surface area contributed by atoms with Gasteiger partial charge in [0.15, 0.2) is 0 Å². The summed E-state index contributed by atoms with van der Waals surface area (Å²) in [5, 5.41) is 0. The maximum Gasteiger partial charge on any atom is 0.263 e. The highest BCUT2D eigenvalue weighted by molar-refractivity contribution is 7.92. The largest absolute Gasteiger partial charge is 0.263 e.